The molecule has 0 aromatic heterocycles. The number of aromatic hydroxyl groups is 1. The monoisotopic (exact) mass is 392 g/mol. The molecule has 1 heterocycles. The summed E-state index contributed by atoms with van der Waals surface area (Å²) in [6.07, 6.45) is -5.94. The Morgan fingerprint density at radius 2 is 1.79 bits per heavy atom. The maximum Gasteiger partial charge on any atom is 0.201 e. The minimum absolute atomic E-state index is 0.00123. The highest BCUT2D eigenvalue weighted by molar-refractivity contribution is 6.11. The molecule has 3 fully saturated rings. The number of hydrogen-bond donors (Lipinski definition) is 6. The number of rotatable bonds is 0. The summed E-state index contributed by atoms with van der Waals surface area (Å²) >= 11 is 0. The number of ether oxygens (including phenoxy) is 1. The summed E-state index contributed by atoms with van der Waals surface area (Å²) in [5.74, 6) is -3.27. The first-order valence-corrected chi connectivity index (χ1v) is 9.08. The molecule has 9 nitrogen and oxygen atoms in total. The second-order valence-corrected chi connectivity index (χ2v) is 8.46. The average molecular weight is 392 g/mol. The van der Waals surface area contributed by atoms with E-state index in [2.05, 4.69) is 0 Å². The molecule has 1 aliphatic heterocycles. The highest BCUT2D eigenvalue weighted by Crippen LogP contribution is 2.73. The molecule has 2 saturated carbocycles. The highest BCUT2D eigenvalue weighted by Gasteiger charge is 2.92. The van der Waals surface area contributed by atoms with Crippen LogP contribution in [0.1, 0.15) is 41.8 Å². The third-order valence-corrected chi connectivity index (χ3v) is 7.29. The first-order chi connectivity index (χ1) is 13.0. The summed E-state index contributed by atoms with van der Waals surface area (Å²) < 4.78 is 5.72. The quantitative estimate of drug-likeness (QED) is 0.283. The van der Waals surface area contributed by atoms with E-state index in [-0.39, 0.29) is 29.7 Å². The van der Waals surface area contributed by atoms with E-state index in [9.17, 15) is 40.2 Å². The first-order valence-electron chi connectivity index (χ1n) is 9.08. The van der Waals surface area contributed by atoms with Crippen molar-refractivity contribution in [1.29, 1.82) is 0 Å². The average Bonchev–Trinajstić information content (AvgIpc) is 3.37. The lowest BCUT2D eigenvalue weighted by Gasteiger charge is -2.56. The van der Waals surface area contributed by atoms with Crippen molar-refractivity contribution in [2.75, 3.05) is 0 Å². The second-order valence-electron chi connectivity index (χ2n) is 8.46. The van der Waals surface area contributed by atoms with Crippen LogP contribution < -0.4 is 0 Å². The maximum absolute atomic E-state index is 13.2. The van der Waals surface area contributed by atoms with Gasteiger partial charge in [0.25, 0.3) is 0 Å². The van der Waals surface area contributed by atoms with E-state index in [0.717, 1.165) is 6.92 Å². The van der Waals surface area contributed by atoms with Crippen LogP contribution in [0.15, 0.2) is 18.2 Å². The van der Waals surface area contributed by atoms with Gasteiger partial charge < -0.3 is 35.4 Å². The van der Waals surface area contributed by atoms with E-state index in [0.29, 0.717) is 0 Å². The van der Waals surface area contributed by atoms with Gasteiger partial charge in [0, 0.05) is 0 Å². The molecule has 1 aromatic rings. The van der Waals surface area contributed by atoms with Crippen molar-refractivity contribution in [1.82, 2.24) is 0 Å². The number of ketones is 2. The minimum Gasteiger partial charge on any atom is -0.507 e. The molecule has 150 valence electrons. The van der Waals surface area contributed by atoms with Crippen molar-refractivity contribution in [2.45, 2.75) is 60.5 Å². The van der Waals surface area contributed by atoms with Crippen LogP contribution in [0.2, 0.25) is 0 Å². The van der Waals surface area contributed by atoms with E-state index < -0.39 is 58.2 Å². The molecule has 0 radical (unpaired) electrons. The molecule has 5 rings (SSSR count). The molecule has 0 spiro atoms. The molecule has 4 aliphatic rings. The third kappa shape index (κ3) is 1.52. The molecular formula is C19H20O9. The number of carbonyl (C=O) groups is 2. The summed E-state index contributed by atoms with van der Waals surface area (Å²) in [5.41, 5.74) is -8.77. The summed E-state index contributed by atoms with van der Waals surface area (Å²) in [6.45, 7) is 1.05. The van der Waals surface area contributed by atoms with Gasteiger partial charge in [0.1, 0.15) is 35.3 Å². The lowest BCUT2D eigenvalue weighted by Crippen LogP contribution is -2.79. The molecule has 8 atom stereocenters. The van der Waals surface area contributed by atoms with Crippen molar-refractivity contribution >= 4 is 11.6 Å². The van der Waals surface area contributed by atoms with Gasteiger partial charge in [-0.2, -0.15) is 0 Å². The third-order valence-electron chi connectivity index (χ3n) is 7.29. The van der Waals surface area contributed by atoms with Crippen molar-refractivity contribution < 1.29 is 45.0 Å². The van der Waals surface area contributed by atoms with Crippen molar-refractivity contribution in [3.63, 3.8) is 0 Å². The van der Waals surface area contributed by atoms with Crippen LogP contribution in [-0.2, 0) is 9.53 Å². The Morgan fingerprint density at radius 3 is 2.46 bits per heavy atom. The molecule has 1 aromatic carbocycles. The van der Waals surface area contributed by atoms with Gasteiger partial charge >= 0.3 is 0 Å². The van der Waals surface area contributed by atoms with Crippen molar-refractivity contribution in [3.05, 3.63) is 29.3 Å². The van der Waals surface area contributed by atoms with Gasteiger partial charge in [-0.05, 0) is 31.4 Å². The Labute approximate surface area is 158 Å². The Bertz CT molecular complexity index is 941. The van der Waals surface area contributed by atoms with Gasteiger partial charge in [0.15, 0.2) is 17.0 Å². The first kappa shape index (κ1) is 18.2. The number of fused-ring (bicyclic) bond motifs is 2. The molecular weight excluding hydrogens is 372 g/mol. The number of epoxide rings is 1. The standard InChI is InChI=1S/C19H20O9/c1-16(26)12(22)8-5-6-17-13(23)10-7(3-2-4-9(10)20)11(21)19(17,28-17)18(8,27)15(25)14(16)24/h2-4,8,11,14-15,20-21,24-27H,5-6H2,1H3/t8-,11+,14-,15-,16+,17+,18+,19-/m0/s1. The largest absolute Gasteiger partial charge is 0.507 e. The fourth-order valence-corrected chi connectivity index (χ4v) is 5.80. The Morgan fingerprint density at radius 1 is 1.11 bits per heavy atom. The van der Waals surface area contributed by atoms with Gasteiger partial charge in [-0.25, -0.2) is 0 Å². The topological polar surface area (TPSA) is 168 Å². The molecule has 6 N–H and O–H groups in total. The Hall–Kier alpha value is -1.88. The van der Waals surface area contributed by atoms with E-state index in [1.165, 1.54) is 18.2 Å². The van der Waals surface area contributed by atoms with Crippen molar-refractivity contribution in [2.24, 2.45) is 5.92 Å². The maximum atomic E-state index is 13.2. The minimum atomic E-state index is -2.51. The number of Topliss-reactive ketones (excluding diaryl/α,β-unsaturated/α-hetero) is 2. The predicted molar refractivity (Wildman–Crippen MR) is 89.3 cm³/mol. The fourth-order valence-electron chi connectivity index (χ4n) is 5.80. The van der Waals surface area contributed by atoms with E-state index in [4.69, 9.17) is 4.74 Å². The lowest BCUT2D eigenvalue weighted by molar-refractivity contribution is -0.260. The predicted octanol–water partition coefficient (Wildman–Crippen LogP) is -1.67. The Kier molecular flexibility index (Phi) is 3.12. The number of phenols is 1. The smallest absolute Gasteiger partial charge is 0.201 e. The molecule has 9 heteroatoms. The molecule has 0 amide bonds. The van der Waals surface area contributed by atoms with Crippen LogP contribution in [0.5, 0.6) is 5.75 Å². The number of aliphatic hydroxyl groups is 5. The number of hydrogen-bond acceptors (Lipinski definition) is 9. The van der Waals surface area contributed by atoms with E-state index in [1.807, 2.05) is 0 Å². The molecule has 0 bridgehead atoms. The van der Waals surface area contributed by atoms with Crippen LogP contribution in [0.3, 0.4) is 0 Å². The number of benzene rings is 1. The molecule has 1 saturated heterocycles. The number of phenolic OH excluding ortho intramolecular Hbond substituents is 1. The van der Waals surface area contributed by atoms with Crippen LogP contribution in [0.25, 0.3) is 0 Å². The van der Waals surface area contributed by atoms with Crippen LogP contribution in [-0.4, -0.2) is 76.8 Å². The fraction of sp³-hybridized carbons (Fsp3) is 0.579. The number of aliphatic hydroxyl groups excluding tert-OH is 3. The highest BCUT2D eigenvalue weighted by atomic mass is 16.7. The summed E-state index contributed by atoms with van der Waals surface area (Å²) in [6, 6.07) is 4.08. The van der Waals surface area contributed by atoms with Crippen LogP contribution >= 0.6 is 0 Å². The van der Waals surface area contributed by atoms with Crippen molar-refractivity contribution in [3.8, 4) is 5.75 Å². The number of carbonyl (C=O) groups excluding carboxylic acids is 2. The van der Waals surface area contributed by atoms with Gasteiger partial charge in [-0.3, -0.25) is 9.59 Å². The summed E-state index contributed by atoms with van der Waals surface area (Å²) in [7, 11) is 0. The zero-order valence-corrected chi connectivity index (χ0v) is 14.9. The van der Waals surface area contributed by atoms with E-state index in [1.54, 1.807) is 0 Å². The van der Waals surface area contributed by atoms with Crippen LogP contribution in [0, 0.1) is 5.92 Å². The molecule has 3 aliphatic carbocycles. The van der Waals surface area contributed by atoms with Gasteiger partial charge in [0.05, 0.1) is 11.5 Å². The zero-order valence-electron chi connectivity index (χ0n) is 14.9. The van der Waals surface area contributed by atoms with Gasteiger partial charge in [-0.1, -0.05) is 12.1 Å². The van der Waals surface area contributed by atoms with Gasteiger partial charge in [0.2, 0.25) is 5.78 Å². The molecule has 28 heavy (non-hydrogen) atoms. The van der Waals surface area contributed by atoms with Crippen LogP contribution in [0.4, 0.5) is 0 Å². The normalized spacial score (nSPS) is 51.6. The lowest BCUT2D eigenvalue weighted by atomic mass is 9.49. The van der Waals surface area contributed by atoms with E-state index >= 15 is 0 Å². The van der Waals surface area contributed by atoms with Gasteiger partial charge in [-0.15, -0.1) is 0 Å². The zero-order chi connectivity index (χ0) is 20.4. The SMILES string of the molecule is C[C@@]1(O)C(=O)[C@@H]2CC[C@]34O[C@]3([C@H](O)c3cccc(O)c3C4=O)[C@]2(O)[C@@H](O)[C@@H]1O. The summed E-state index contributed by atoms with van der Waals surface area (Å²) in [4.78, 5) is 26.0. The second kappa shape index (κ2) is 4.81. The Balaban J connectivity index is 1.75. The summed E-state index contributed by atoms with van der Waals surface area (Å²) in [5, 5.41) is 64.3. The molecule has 0 unspecified atom stereocenters.